The van der Waals surface area contributed by atoms with Crippen LogP contribution in [0.4, 0.5) is 22.9 Å². The maximum absolute atomic E-state index is 12.5. The highest BCUT2D eigenvalue weighted by Crippen LogP contribution is 2.41. The smallest absolute Gasteiger partial charge is 0.244 e. The first kappa shape index (κ1) is 19.5. The quantitative estimate of drug-likeness (QED) is 0.753. The van der Waals surface area contributed by atoms with Crippen LogP contribution in [0.1, 0.15) is 37.9 Å². The van der Waals surface area contributed by atoms with Crippen molar-refractivity contribution >= 4 is 40.4 Å². The highest BCUT2D eigenvalue weighted by atomic mass is 35.5. The molecule has 0 saturated heterocycles. The number of carbonyl (C=O) groups excluding carboxylic acids is 1. The Labute approximate surface area is 166 Å². The minimum Gasteiger partial charge on any atom is -0.370 e. The molecule has 2 heterocycles. The van der Waals surface area contributed by atoms with E-state index in [9.17, 15) is 4.79 Å². The van der Waals surface area contributed by atoms with Crippen molar-refractivity contribution < 1.29 is 4.79 Å². The van der Waals surface area contributed by atoms with Crippen LogP contribution in [0.25, 0.3) is 0 Å². The number of nitrogens with zero attached hydrogens (tertiary/aromatic N) is 3. The lowest BCUT2D eigenvalue weighted by molar-refractivity contribution is -0.115. The molecule has 0 atom stereocenters. The van der Waals surface area contributed by atoms with Crippen LogP contribution in [-0.4, -0.2) is 30.5 Å². The van der Waals surface area contributed by atoms with Crippen LogP contribution in [-0.2, 0) is 4.79 Å². The predicted octanol–water partition coefficient (Wildman–Crippen LogP) is 5.07. The molecule has 0 bridgehead atoms. The van der Waals surface area contributed by atoms with E-state index in [0.29, 0.717) is 5.02 Å². The lowest BCUT2D eigenvalue weighted by Crippen LogP contribution is -2.37. The highest BCUT2D eigenvalue weighted by Gasteiger charge is 2.29. The van der Waals surface area contributed by atoms with Gasteiger partial charge in [0.25, 0.3) is 0 Å². The summed E-state index contributed by atoms with van der Waals surface area (Å²) in [5, 5.41) is 3.75. The Morgan fingerprint density at radius 3 is 2.70 bits per heavy atom. The Morgan fingerprint density at radius 1 is 1.26 bits per heavy atom. The first-order chi connectivity index (χ1) is 12.9. The number of nitrogens with one attached hydrogen (secondary N) is 1. The fourth-order valence-corrected chi connectivity index (χ4v) is 3.75. The van der Waals surface area contributed by atoms with Crippen LogP contribution >= 0.6 is 11.6 Å². The van der Waals surface area contributed by atoms with E-state index in [0.717, 1.165) is 60.1 Å². The van der Waals surface area contributed by atoms with Crippen molar-refractivity contribution in [1.82, 2.24) is 4.98 Å². The standard InChI is InChI=1S/C21H27ClN4O/c1-5-7-10-25(6-2)18-12-15(4)23-21-20(18)24-19(27)13-26(21)17-9-8-16(22)11-14(17)3/h8-9,11-12H,5-7,10,13H2,1-4H3,(H,24,27). The zero-order valence-corrected chi connectivity index (χ0v) is 17.2. The Kier molecular flexibility index (Phi) is 5.90. The van der Waals surface area contributed by atoms with Crippen LogP contribution in [0.15, 0.2) is 24.3 Å². The van der Waals surface area contributed by atoms with Gasteiger partial charge in [0.05, 0.1) is 5.69 Å². The van der Waals surface area contributed by atoms with E-state index in [4.69, 9.17) is 16.6 Å². The number of benzene rings is 1. The molecule has 0 saturated carbocycles. The summed E-state index contributed by atoms with van der Waals surface area (Å²) >= 11 is 6.12. The van der Waals surface area contributed by atoms with E-state index in [1.807, 2.05) is 36.9 Å². The second-order valence-corrected chi connectivity index (χ2v) is 7.42. The Bertz CT molecular complexity index is 852. The average Bonchev–Trinajstić information content (AvgIpc) is 2.62. The summed E-state index contributed by atoms with van der Waals surface area (Å²) < 4.78 is 0. The zero-order valence-electron chi connectivity index (χ0n) is 16.5. The molecule has 0 unspecified atom stereocenters. The molecule has 1 N–H and O–H groups in total. The predicted molar refractivity (Wildman–Crippen MR) is 114 cm³/mol. The molecule has 2 aromatic rings. The van der Waals surface area contributed by atoms with Gasteiger partial charge in [0, 0.05) is 29.5 Å². The summed E-state index contributed by atoms with van der Waals surface area (Å²) in [6.45, 7) is 10.4. The SMILES string of the molecule is CCCCN(CC)c1cc(C)nc2c1NC(=O)CN2c1ccc(Cl)cc1C. The monoisotopic (exact) mass is 386 g/mol. The normalized spacial score (nSPS) is 13.4. The van der Waals surface area contributed by atoms with Gasteiger partial charge in [-0.15, -0.1) is 0 Å². The van der Waals surface area contributed by atoms with Crippen LogP contribution in [0.2, 0.25) is 5.02 Å². The molecule has 0 fully saturated rings. The second kappa shape index (κ2) is 8.17. The molecular weight excluding hydrogens is 360 g/mol. The maximum Gasteiger partial charge on any atom is 0.244 e. The summed E-state index contributed by atoms with van der Waals surface area (Å²) in [4.78, 5) is 21.6. The van der Waals surface area contributed by atoms with E-state index >= 15 is 0 Å². The van der Waals surface area contributed by atoms with Crippen molar-refractivity contribution in [2.24, 2.45) is 0 Å². The number of unbranched alkanes of at least 4 members (excludes halogenated alkanes) is 1. The molecule has 1 aromatic carbocycles. The number of carbonyl (C=O) groups is 1. The number of amides is 1. The third kappa shape index (κ3) is 4.03. The molecule has 1 aliphatic rings. The number of aromatic nitrogens is 1. The molecule has 1 aliphatic heterocycles. The van der Waals surface area contributed by atoms with Gasteiger partial charge < -0.3 is 15.1 Å². The van der Waals surface area contributed by atoms with Crippen molar-refractivity contribution in [3.05, 3.63) is 40.5 Å². The Balaban J connectivity index is 2.12. The van der Waals surface area contributed by atoms with Crippen LogP contribution in [0, 0.1) is 13.8 Å². The summed E-state index contributed by atoms with van der Waals surface area (Å²) in [6.07, 6.45) is 2.24. The van der Waals surface area contributed by atoms with Crippen LogP contribution < -0.4 is 15.1 Å². The van der Waals surface area contributed by atoms with E-state index in [1.165, 1.54) is 0 Å². The lowest BCUT2D eigenvalue weighted by Gasteiger charge is -2.35. The first-order valence-electron chi connectivity index (χ1n) is 9.54. The molecule has 0 aliphatic carbocycles. The molecule has 27 heavy (non-hydrogen) atoms. The molecule has 6 heteroatoms. The van der Waals surface area contributed by atoms with Gasteiger partial charge in [-0.1, -0.05) is 24.9 Å². The molecule has 0 spiro atoms. The minimum absolute atomic E-state index is 0.0321. The maximum atomic E-state index is 12.5. The first-order valence-corrected chi connectivity index (χ1v) is 9.92. The summed E-state index contributed by atoms with van der Waals surface area (Å²) in [7, 11) is 0. The van der Waals surface area contributed by atoms with Gasteiger partial charge >= 0.3 is 0 Å². The number of hydrogen-bond donors (Lipinski definition) is 1. The molecule has 144 valence electrons. The van der Waals surface area contributed by atoms with E-state index in [2.05, 4.69) is 30.1 Å². The number of fused-ring (bicyclic) bond motifs is 1. The molecule has 0 radical (unpaired) electrons. The van der Waals surface area contributed by atoms with Gasteiger partial charge in [0.15, 0.2) is 5.82 Å². The summed E-state index contributed by atoms with van der Waals surface area (Å²) in [6, 6.07) is 7.79. The van der Waals surface area contributed by atoms with Crippen LogP contribution in [0.5, 0.6) is 0 Å². The molecule has 3 rings (SSSR count). The Morgan fingerprint density at radius 2 is 2.04 bits per heavy atom. The summed E-state index contributed by atoms with van der Waals surface area (Å²) in [5.74, 6) is 0.764. The van der Waals surface area contributed by atoms with Crippen molar-refractivity contribution in [2.45, 2.75) is 40.5 Å². The zero-order chi connectivity index (χ0) is 19.6. The third-order valence-electron chi connectivity index (χ3n) is 4.88. The number of rotatable bonds is 6. The number of anilines is 4. The number of halogens is 1. The molecule has 5 nitrogen and oxygen atoms in total. The van der Waals surface area contributed by atoms with E-state index in [-0.39, 0.29) is 12.5 Å². The number of aryl methyl sites for hydroxylation is 2. The summed E-state index contributed by atoms with van der Waals surface area (Å²) in [5.41, 5.74) is 4.75. The third-order valence-corrected chi connectivity index (χ3v) is 5.12. The van der Waals surface area contributed by atoms with Gasteiger partial charge in [0.2, 0.25) is 5.91 Å². The van der Waals surface area contributed by atoms with Crippen molar-refractivity contribution in [3.8, 4) is 0 Å². The van der Waals surface area contributed by atoms with Crippen LogP contribution in [0.3, 0.4) is 0 Å². The molecule has 1 aromatic heterocycles. The topological polar surface area (TPSA) is 48.5 Å². The number of hydrogen-bond acceptors (Lipinski definition) is 4. The average molecular weight is 387 g/mol. The van der Waals surface area contributed by atoms with Gasteiger partial charge in [-0.2, -0.15) is 0 Å². The second-order valence-electron chi connectivity index (χ2n) is 6.98. The van der Waals surface area contributed by atoms with Crippen molar-refractivity contribution in [1.29, 1.82) is 0 Å². The minimum atomic E-state index is -0.0321. The molecular formula is C21H27ClN4O. The lowest BCUT2D eigenvalue weighted by atomic mass is 10.1. The van der Waals surface area contributed by atoms with E-state index < -0.39 is 0 Å². The van der Waals surface area contributed by atoms with Crippen molar-refractivity contribution in [2.75, 3.05) is 34.8 Å². The van der Waals surface area contributed by atoms with Gasteiger partial charge in [-0.25, -0.2) is 4.98 Å². The highest BCUT2D eigenvalue weighted by molar-refractivity contribution is 6.30. The largest absolute Gasteiger partial charge is 0.370 e. The van der Waals surface area contributed by atoms with Gasteiger partial charge in [-0.3, -0.25) is 4.79 Å². The fourth-order valence-electron chi connectivity index (χ4n) is 3.52. The van der Waals surface area contributed by atoms with E-state index in [1.54, 1.807) is 0 Å². The van der Waals surface area contributed by atoms with Gasteiger partial charge in [-0.05, 0) is 57.0 Å². The number of pyridine rings is 1. The van der Waals surface area contributed by atoms with Gasteiger partial charge in [0.1, 0.15) is 12.2 Å². The molecule has 1 amide bonds. The Hall–Kier alpha value is -2.27. The van der Waals surface area contributed by atoms with Crippen molar-refractivity contribution in [3.63, 3.8) is 0 Å². The fraction of sp³-hybridized carbons (Fsp3) is 0.429.